The van der Waals surface area contributed by atoms with Crippen molar-refractivity contribution in [2.75, 3.05) is 13.1 Å². The molecule has 84 valence electrons. The molecule has 0 spiro atoms. The van der Waals surface area contributed by atoms with Crippen molar-refractivity contribution in [1.82, 2.24) is 15.6 Å². The number of likely N-dealkylation sites (N-methyl/N-ethyl adjacent to an activating group) is 1. The number of carbonyl (C=O) groups is 1. The van der Waals surface area contributed by atoms with E-state index in [1.54, 1.807) is 5.51 Å². The molecule has 1 heterocycles. The number of rotatable bonds is 5. The van der Waals surface area contributed by atoms with Gasteiger partial charge in [0.1, 0.15) is 4.88 Å². The number of nitrogens with one attached hydrogen (secondary N) is 2. The molecule has 1 atom stereocenters. The fourth-order valence-corrected chi connectivity index (χ4v) is 1.99. The van der Waals surface area contributed by atoms with Gasteiger partial charge in [0.15, 0.2) is 0 Å². The van der Waals surface area contributed by atoms with Crippen LogP contribution in [-0.4, -0.2) is 30.0 Å². The maximum Gasteiger partial charge on any atom is 0.263 e. The predicted octanol–water partition coefficient (Wildman–Crippen LogP) is 1.18. The van der Waals surface area contributed by atoms with Crippen LogP contribution in [0, 0.1) is 6.92 Å². The Morgan fingerprint density at radius 3 is 2.93 bits per heavy atom. The van der Waals surface area contributed by atoms with Gasteiger partial charge in [-0.2, -0.15) is 0 Å². The van der Waals surface area contributed by atoms with Crippen molar-refractivity contribution in [3.63, 3.8) is 0 Å². The van der Waals surface area contributed by atoms with E-state index in [-0.39, 0.29) is 5.91 Å². The van der Waals surface area contributed by atoms with Crippen molar-refractivity contribution in [3.8, 4) is 0 Å². The molecule has 1 aromatic heterocycles. The Hall–Kier alpha value is -0.940. The van der Waals surface area contributed by atoms with Gasteiger partial charge in [-0.3, -0.25) is 4.79 Å². The number of nitrogens with zero attached hydrogens (tertiary/aromatic N) is 1. The minimum atomic E-state index is -0.0280. The standard InChI is InChI=1S/C10H17N3OS/c1-4-11-7(2)5-12-10(14)9-8(3)13-6-15-9/h6-7,11H,4-5H2,1-3H3,(H,12,14)/t7-/m1/s1. The normalized spacial score (nSPS) is 12.5. The molecule has 0 aliphatic carbocycles. The van der Waals surface area contributed by atoms with Gasteiger partial charge in [0.25, 0.3) is 5.91 Å². The number of aromatic nitrogens is 1. The molecule has 5 heteroatoms. The average Bonchev–Trinajstić information content (AvgIpc) is 2.61. The van der Waals surface area contributed by atoms with Gasteiger partial charge >= 0.3 is 0 Å². The van der Waals surface area contributed by atoms with Crippen LogP contribution in [0.15, 0.2) is 5.51 Å². The smallest absolute Gasteiger partial charge is 0.263 e. The van der Waals surface area contributed by atoms with Crippen LogP contribution in [0.25, 0.3) is 0 Å². The van der Waals surface area contributed by atoms with Gasteiger partial charge in [-0.15, -0.1) is 11.3 Å². The number of amides is 1. The van der Waals surface area contributed by atoms with E-state index in [0.717, 1.165) is 12.2 Å². The fraction of sp³-hybridized carbons (Fsp3) is 0.600. The van der Waals surface area contributed by atoms with Gasteiger partial charge in [0, 0.05) is 12.6 Å². The Morgan fingerprint density at radius 1 is 1.67 bits per heavy atom. The zero-order valence-corrected chi connectivity index (χ0v) is 10.1. The second-order valence-corrected chi connectivity index (χ2v) is 4.29. The Labute approximate surface area is 94.1 Å². The second-order valence-electron chi connectivity index (χ2n) is 3.44. The Bertz CT molecular complexity index is 324. The summed E-state index contributed by atoms with van der Waals surface area (Å²) in [5.41, 5.74) is 2.49. The maximum absolute atomic E-state index is 11.7. The first-order chi connectivity index (χ1) is 7.15. The summed E-state index contributed by atoms with van der Waals surface area (Å²) in [5.74, 6) is -0.0280. The summed E-state index contributed by atoms with van der Waals surface area (Å²) >= 11 is 1.38. The molecule has 1 aromatic rings. The highest BCUT2D eigenvalue weighted by atomic mass is 32.1. The molecule has 0 aliphatic rings. The van der Waals surface area contributed by atoms with E-state index in [0.29, 0.717) is 17.5 Å². The first-order valence-electron chi connectivity index (χ1n) is 5.06. The number of thiazole rings is 1. The lowest BCUT2D eigenvalue weighted by molar-refractivity contribution is 0.0953. The van der Waals surface area contributed by atoms with E-state index in [4.69, 9.17) is 0 Å². The number of aryl methyl sites for hydroxylation is 1. The molecule has 0 aliphatic heterocycles. The summed E-state index contributed by atoms with van der Waals surface area (Å²) in [6.07, 6.45) is 0. The number of hydrogen-bond donors (Lipinski definition) is 2. The largest absolute Gasteiger partial charge is 0.350 e. The van der Waals surface area contributed by atoms with Gasteiger partial charge in [-0.1, -0.05) is 6.92 Å². The van der Waals surface area contributed by atoms with Gasteiger partial charge in [0.2, 0.25) is 0 Å². The van der Waals surface area contributed by atoms with Crippen molar-refractivity contribution in [3.05, 3.63) is 16.1 Å². The lowest BCUT2D eigenvalue weighted by Gasteiger charge is -2.12. The topological polar surface area (TPSA) is 54.0 Å². The predicted molar refractivity (Wildman–Crippen MR) is 62.3 cm³/mol. The first-order valence-corrected chi connectivity index (χ1v) is 5.94. The van der Waals surface area contributed by atoms with Gasteiger partial charge in [-0.25, -0.2) is 4.98 Å². The van der Waals surface area contributed by atoms with Crippen LogP contribution in [0.2, 0.25) is 0 Å². The van der Waals surface area contributed by atoms with Crippen molar-refractivity contribution in [1.29, 1.82) is 0 Å². The minimum Gasteiger partial charge on any atom is -0.350 e. The van der Waals surface area contributed by atoms with Crippen LogP contribution in [-0.2, 0) is 0 Å². The second kappa shape index (κ2) is 5.82. The average molecular weight is 227 g/mol. The lowest BCUT2D eigenvalue weighted by atomic mass is 10.3. The van der Waals surface area contributed by atoms with E-state index in [2.05, 4.69) is 15.6 Å². The van der Waals surface area contributed by atoms with Crippen LogP contribution in [0.4, 0.5) is 0 Å². The Morgan fingerprint density at radius 2 is 2.40 bits per heavy atom. The highest BCUT2D eigenvalue weighted by Gasteiger charge is 2.11. The molecular formula is C10H17N3OS. The van der Waals surface area contributed by atoms with Gasteiger partial charge in [-0.05, 0) is 20.4 Å². The van der Waals surface area contributed by atoms with Crippen molar-refractivity contribution in [2.24, 2.45) is 0 Å². The third kappa shape index (κ3) is 3.60. The summed E-state index contributed by atoms with van der Waals surface area (Å²) in [7, 11) is 0. The molecule has 0 bridgehead atoms. The Kier molecular flexibility index (Phi) is 4.71. The zero-order chi connectivity index (χ0) is 11.3. The molecule has 1 rings (SSSR count). The van der Waals surface area contributed by atoms with Crippen molar-refractivity contribution in [2.45, 2.75) is 26.8 Å². The van der Waals surface area contributed by atoms with Crippen molar-refractivity contribution < 1.29 is 4.79 Å². The lowest BCUT2D eigenvalue weighted by Crippen LogP contribution is -2.38. The monoisotopic (exact) mass is 227 g/mol. The number of hydrogen-bond acceptors (Lipinski definition) is 4. The fourth-order valence-electron chi connectivity index (χ4n) is 1.27. The van der Waals surface area contributed by atoms with Crippen LogP contribution < -0.4 is 10.6 Å². The molecular weight excluding hydrogens is 210 g/mol. The van der Waals surface area contributed by atoms with Crippen LogP contribution >= 0.6 is 11.3 Å². The third-order valence-corrected chi connectivity index (χ3v) is 3.00. The highest BCUT2D eigenvalue weighted by Crippen LogP contribution is 2.11. The molecule has 0 radical (unpaired) electrons. The van der Waals surface area contributed by atoms with Gasteiger partial charge < -0.3 is 10.6 Å². The number of carbonyl (C=O) groups excluding carboxylic acids is 1. The summed E-state index contributed by atoms with van der Waals surface area (Å²) in [6.45, 7) is 7.49. The first kappa shape index (κ1) is 12.1. The third-order valence-electron chi connectivity index (χ3n) is 2.07. The van der Waals surface area contributed by atoms with Crippen LogP contribution in [0.1, 0.15) is 29.2 Å². The molecule has 0 saturated heterocycles. The molecule has 15 heavy (non-hydrogen) atoms. The molecule has 0 unspecified atom stereocenters. The Balaban J connectivity index is 2.40. The molecule has 4 nitrogen and oxygen atoms in total. The highest BCUT2D eigenvalue weighted by molar-refractivity contribution is 7.11. The van der Waals surface area contributed by atoms with E-state index in [1.807, 2.05) is 20.8 Å². The quantitative estimate of drug-likeness (QED) is 0.794. The molecule has 2 N–H and O–H groups in total. The summed E-state index contributed by atoms with van der Waals surface area (Å²) in [6, 6.07) is 0.298. The maximum atomic E-state index is 11.7. The van der Waals surface area contributed by atoms with E-state index >= 15 is 0 Å². The summed E-state index contributed by atoms with van der Waals surface area (Å²) in [5, 5.41) is 6.11. The SMILES string of the molecule is CCN[C@H](C)CNC(=O)c1scnc1C. The van der Waals surface area contributed by atoms with E-state index in [1.165, 1.54) is 11.3 Å². The summed E-state index contributed by atoms with van der Waals surface area (Å²) in [4.78, 5) is 16.4. The van der Waals surface area contributed by atoms with Crippen molar-refractivity contribution >= 4 is 17.2 Å². The van der Waals surface area contributed by atoms with E-state index in [9.17, 15) is 4.79 Å². The minimum absolute atomic E-state index is 0.0280. The van der Waals surface area contributed by atoms with Crippen LogP contribution in [0.5, 0.6) is 0 Å². The van der Waals surface area contributed by atoms with Crippen LogP contribution in [0.3, 0.4) is 0 Å². The molecule has 0 fully saturated rings. The van der Waals surface area contributed by atoms with Gasteiger partial charge in [0.05, 0.1) is 11.2 Å². The zero-order valence-electron chi connectivity index (χ0n) is 9.33. The van der Waals surface area contributed by atoms with E-state index < -0.39 is 0 Å². The molecule has 0 aromatic carbocycles. The molecule has 0 saturated carbocycles. The molecule has 1 amide bonds. The summed E-state index contributed by atoms with van der Waals surface area (Å²) < 4.78 is 0.